The van der Waals surface area contributed by atoms with Gasteiger partial charge in [0.1, 0.15) is 5.75 Å². The molecule has 0 saturated carbocycles. The van der Waals surface area contributed by atoms with E-state index in [1.165, 1.54) is 5.56 Å². The van der Waals surface area contributed by atoms with Gasteiger partial charge in [0.25, 0.3) is 0 Å². The maximum atomic E-state index is 9.40. The quantitative estimate of drug-likeness (QED) is 0.798. The molecule has 1 heterocycles. The Morgan fingerprint density at radius 2 is 2.33 bits per heavy atom. The maximum Gasteiger partial charge on any atom is 0.117 e. The Kier molecular flexibility index (Phi) is 2.57. The number of anilines is 1. The van der Waals surface area contributed by atoms with Crippen LogP contribution in [0.5, 0.6) is 5.75 Å². The van der Waals surface area contributed by atoms with E-state index in [-0.39, 0.29) is 5.54 Å². The van der Waals surface area contributed by atoms with Crippen molar-refractivity contribution in [2.75, 3.05) is 19.0 Å². The molecule has 0 spiro atoms. The largest absolute Gasteiger partial charge is 0.508 e. The van der Waals surface area contributed by atoms with Crippen LogP contribution in [0.3, 0.4) is 0 Å². The molecule has 0 amide bonds. The molecule has 0 radical (unpaired) electrons. The summed E-state index contributed by atoms with van der Waals surface area (Å²) in [4.78, 5) is 0. The number of aromatic hydroxyl groups is 1. The molecule has 2 N–H and O–H groups in total. The number of phenolic OH excluding ortho intramolecular Hbond substituents is 1. The molecular weight excluding hydrogens is 190 g/mol. The molecule has 1 aromatic rings. The zero-order valence-electron chi connectivity index (χ0n) is 9.21. The minimum absolute atomic E-state index is 0.00484. The van der Waals surface area contributed by atoms with E-state index in [1.54, 1.807) is 19.2 Å². The van der Waals surface area contributed by atoms with Gasteiger partial charge in [-0.15, -0.1) is 0 Å². The predicted molar refractivity (Wildman–Crippen MR) is 60.3 cm³/mol. The second-order valence-corrected chi connectivity index (χ2v) is 4.21. The lowest BCUT2D eigenvalue weighted by Gasteiger charge is -2.27. The van der Waals surface area contributed by atoms with E-state index in [0.717, 1.165) is 18.5 Å². The third kappa shape index (κ3) is 1.79. The Hall–Kier alpha value is -1.22. The molecule has 0 aromatic heterocycles. The lowest BCUT2D eigenvalue weighted by Crippen LogP contribution is -2.40. The Morgan fingerprint density at radius 3 is 3.00 bits per heavy atom. The van der Waals surface area contributed by atoms with Crippen LogP contribution in [0.1, 0.15) is 18.9 Å². The second kappa shape index (κ2) is 3.74. The third-order valence-corrected chi connectivity index (χ3v) is 3.12. The first-order valence-electron chi connectivity index (χ1n) is 5.28. The maximum absolute atomic E-state index is 9.40. The predicted octanol–water partition coefficient (Wildman–Crippen LogP) is 2.16. The van der Waals surface area contributed by atoms with Crippen LogP contribution < -0.4 is 5.32 Å². The van der Waals surface area contributed by atoms with Crippen molar-refractivity contribution in [3.05, 3.63) is 23.8 Å². The smallest absolute Gasteiger partial charge is 0.117 e. The van der Waals surface area contributed by atoms with Crippen molar-refractivity contribution in [2.24, 2.45) is 0 Å². The number of hydrogen-bond donors (Lipinski definition) is 2. The van der Waals surface area contributed by atoms with Crippen LogP contribution in [0.15, 0.2) is 18.2 Å². The fourth-order valence-electron chi connectivity index (χ4n) is 2.21. The van der Waals surface area contributed by atoms with Crippen LogP contribution in [0.25, 0.3) is 0 Å². The monoisotopic (exact) mass is 207 g/mol. The molecule has 82 valence electrons. The SMILES string of the molecule is CCC1(COC)Cc2ccc(O)cc2N1. The van der Waals surface area contributed by atoms with E-state index in [2.05, 4.69) is 12.2 Å². The highest BCUT2D eigenvalue weighted by Crippen LogP contribution is 2.36. The second-order valence-electron chi connectivity index (χ2n) is 4.21. The number of phenols is 1. The van der Waals surface area contributed by atoms with E-state index < -0.39 is 0 Å². The van der Waals surface area contributed by atoms with Crippen LogP contribution in [-0.2, 0) is 11.2 Å². The zero-order chi connectivity index (χ0) is 10.9. The molecule has 1 aliphatic rings. The van der Waals surface area contributed by atoms with Crippen molar-refractivity contribution in [1.82, 2.24) is 0 Å². The van der Waals surface area contributed by atoms with Crippen LogP contribution in [0.4, 0.5) is 5.69 Å². The van der Waals surface area contributed by atoms with Crippen molar-refractivity contribution in [2.45, 2.75) is 25.3 Å². The molecule has 0 fully saturated rings. The van der Waals surface area contributed by atoms with E-state index in [9.17, 15) is 5.11 Å². The van der Waals surface area contributed by atoms with Crippen molar-refractivity contribution >= 4 is 5.69 Å². The van der Waals surface area contributed by atoms with Crippen molar-refractivity contribution in [3.63, 3.8) is 0 Å². The third-order valence-electron chi connectivity index (χ3n) is 3.12. The van der Waals surface area contributed by atoms with E-state index in [0.29, 0.717) is 12.4 Å². The van der Waals surface area contributed by atoms with Crippen LogP contribution in [0.2, 0.25) is 0 Å². The lowest BCUT2D eigenvalue weighted by atomic mass is 9.93. The average Bonchev–Trinajstić information content (AvgIpc) is 2.56. The van der Waals surface area contributed by atoms with Gasteiger partial charge in [0, 0.05) is 18.9 Å². The van der Waals surface area contributed by atoms with Crippen molar-refractivity contribution in [3.8, 4) is 5.75 Å². The molecule has 3 nitrogen and oxygen atoms in total. The summed E-state index contributed by atoms with van der Waals surface area (Å²) >= 11 is 0. The Morgan fingerprint density at radius 1 is 1.53 bits per heavy atom. The highest BCUT2D eigenvalue weighted by Gasteiger charge is 2.35. The van der Waals surface area contributed by atoms with Gasteiger partial charge in [0.15, 0.2) is 0 Å². The van der Waals surface area contributed by atoms with Crippen molar-refractivity contribution in [1.29, 1.82) is 0 Å². The summed E-state index contributed by atoms with van der Waals surface area (Å²) in [5.41, 5.74) is 2.30. The Bertz CT molecular complexity index is 365. The molecule has 1 aromatic carbocycles. The van der Waals surface area contributed by atoms with Gasteiger partial charge in [-0.3, -0.25) is 0 Å². The average molecular weight is 207 g/mol. The number of ether oxygens (including phenoxy) is 1. The number of methoxy groups -OCH3 is 1. The molecule has 1 aliphatic heterocycles. The van der Waals surface area contributed by atoms with E-state index >= 15 is 0 Å². The fraction of sp³-hybridized carbons (Fsp3) is 0.500. The Balaban J connectivity index is 2.26. The first-order valence-corrected chi connectivity index (χ1v) is 5.28. The van der Waals surface area contributed by atoms with Crippen LogP contribution in [-0.4, -0.2) is 24.4 Å². The summed E-state index contributed by atoms with van der Waals surface area (Å²) in [5.74, 6) is 0.311. The summed E-state index contributed by atoms with van der Waals surface area (Å²) in [6.07, 6.45) is 1.98. The summed E-state index contributed by atoms with van der Waals surface area (Å²) in [5, 5.41) is 12.9. The number of benzene rings is 1. The number of nitrogens with one attached hydrogen (secondary N) is 1. The molecule has 1 atom stereocenters. The van der Waals surface area contributed by atoms with Gasteiger partial charge in [0.2, 0.25) is 0 Å². The van der Waals surface area contributed by atoms with Gasteiger partial charge in [-0.2, -0.15) is 0 Å². The number of rotatable bonds is 3. The summed E-state index contributed by atoms with van der Waals surface area (Å²) < 4.78 is 5.26. The summed E-state index contributed by atoms with van der Waals surface area (Å²) in [7, 11) is 1.72. The molecule has 3 heteroatoms. The standard InChI is InChI=1S/C12H17NO2/c1-3-12(8-15-2)7-9-4-5-10(14)6-11(9)13-12/h4-6,13-14H,3,7-8H2,1-2H3. The first kappa shape index (κ1) is 10.3. The normalized spacial score (nSPS) is 23.6. The Labute approximate surface area is 90.1 Å². The van der Waals surface area contributed by atoms with E-state index in [4.69, 9.17) is 4.74 Å². The minimum Gasteiger partial charge on any atom is -0.508 e. The first-order chi connectivity index (χ1) is 7.19. The fourth-order valence-corrected chi connectivity index (χ4v) is 2.21. The minimum atomic E-state index is 0.00484. The molecule has 15 heavy (non-hydrogen) atoms. The van der Waals surface area contributed by atoms with Crippen LogP contribution >= 0.6 is 0 Å². The summed E-state index contributed by atoms with van der Waals surface area (Å²) in [6, 6.07) is 5.49. The highest BCUT2D eigenvalue weighted by atomic mass is 16.5. The van der Waals surface area contributed by atoms with Gasteiger partial charge in [0.05, 0.1) is 12.1 Å². The molecule has 0 bridgehead atoms. The van der Waals surface area contributed by atoms with Crippen LogP contribution in [0, 0.1) is 0 Å². The van der Waals surface area contributed by atoms with E-state index in [1.807, 2.05) is 6.07 Å². The molecular formula is C12H17NO2. The van der Waals surface area contributed by atoms with Gasteiger partial charge in [-0.1, -0.05) is 13.0 Å². The highest BCUT2D eigenvalue weighted by molar-refractivity contribution is 5.61. The van der Waals surface area contributed by atoms with Crippen molar-refractivity contribution < 1.29 is 9.84 Å². The zero-order valence-corrected chi connectivity index (χ0v) is 9.21. The van der Waals surface area contributed by atoms with Gasteiger partial charge < -0.3 is 15.2 Å². The van der Waals surface area contributed by atoms with Gasteiger partial charge in [-0.25, -0.2) is 0 Å². The molecule has 0 aliphatic carbocycles. The van der Waals surface area contributed by atoms with Gasteiger partial charge >= 0.3 is 0 Å². The number of hydrogen-bond acceptors (Lipinski definition) is 3. The number of fused-ring (bicyclic) bond motifs is 1. The molecule has 1 unspecified atom stereocenters. The summed E-state index contributed by atoms with van der Waals surface area (Å²) in [6.45, 7) is 2.84. The van der Waals surface area contributed by atoms with Gasteiger partial charge in [-0.05, 0) is 24.5 Å². The topological polar surface area (TPSA) is 41.5 Å². The molecule has 2 rings (SSSR count). The lowest BCUT2D eigenvalue weighted by molar-refractivity contribution is 0.143. The molecule has 0 saturated heterocycles.